The van der Waals surface area contributed by atoms with Crippen LogP contribution in [0.1, 0.15) is 27.0 Å². The number of hydrogen-bond donors (Lipinski definition) is 2. The minimum Gasteiger partial charge on any atom is -0.288 e. The molecular formula is C17H18FN3O2. The lowest BCUT2D eigenvalue weighted by Gasteiger charge is -2.37. The second-order valence-corrected chi connectivity index (χ2v) is 5.66. The summed E-state index contributed by atoms with van der Waals surface area (Å²) in [4.78, 5) is 11.5. The lowest BCUT2D eigenvalue weighted by Crippen LogP contribution is -2.42. The molecule has 0 atom stereocenters. The Morgan fingerprint density at radius 2 is 2.00 bits per heavy atom. The standard InChI is InChI=1S/C17H18FN3O2/c1-20-10-14-7-13(17(22)19-23)8-16(18)15(14)11-21(20)9-12-5-3-2-4-6-12/h2-8,23H,9-11H2,1H3,(H,19,22). The van der Waals surface area contributed by atoms with Gasteiger partial charge in [0.25, 0.3) is 5.91 Å². The Balaban J connectivity index is 1.86. The number of carbonyl (C=O) groups is 1. The van der Waals surface area contributed by atoms with Crippen molar-refractivity contribution < 1.29 is 14.4 Å². The molecule has 1 amide bonds. The highest BCUT2D eigenvalue weighted by molar-refractivity contribution is 5.93. The SMILES string of the molecule is CN1Cc2cc(C(=O)NO)cc(F)c2CN1Cc1ccccc1. The molecule has 0 radical (unpaired) electrons. The van der Waals surface area contributed by atoms with E-state index in [1.54, 1.807) is 6.07 Å². The average Bonchev–Trinajstić information content (AvgIpc) is 2.56. The van der Waals surface area contributed by atoms with Gasteiger partial charge < -0.3 is 0 Å². The average molecular weight is 315 g/mol. The van der Waals surface area contributed by atoms with Gasteiger partial charge in [0.15, 0.2) is 0 Å². The lowest BCUT2D eigenvalue weighted by molar-refractivity contribution is -0.0379. The first-order chi connectivity index (χ1) is 11.1. The van der Waals surface area contributed by atoms with E-state index < -0.39 is 11.7 Å². The Morgan fingerprint density at radius 3 is 2.70 bits per heavy atom. The van der Waals surface area contributed by atoms with Crippen LogP contribution in [0.25, 0.3) is 0 Å². The second-order valence-electron chi connectivity index (χ2n) is 5.66. The van der Waals surface area contributed by atoms with E-state index in [-0.39, 0.29) is 5.56 Å². The number of nitrogens with zero attached hydrogens (tertiary/aromatic N) is 2. The summed E-state index contributed by atoms with van der Waals surface area (Å²) in [6.45, 7) is 1.63. The summed E-state index contributed by atoms with van der Waals surface area (Å²) in [5, 5.41) is 12.8. The fraction of sp³-hybridized carbons (Fsp3) is 0.235. The highest BCUT2D eigenvalue weighted by atomic mass is 19.1. The van der Waals surface area contributed by atoms with Crippen molar-refractivity contribution in [2.75, 3.05) is 7.05 Å². The quantitative estimate of drug-likeness (QED) is 0.674. The maximum atomic E-state index is 14.4. The summed E-state index contributed by atoms with van der Waals surface area (Å²) < 4.78 is 14.4. The summed E-state index contributed by atoms with van der Waals surface area (Å²) in [6.07, 6.45) is 0. The highest BCUT2D eigenvalue weighted by Gasteiger charge is 2.25. The van der Waals surface area contributed by atoms with Crippen LogP contribution in [0.3, 0.4) is 0 Å². The molecule has 0 aliphatic carbocycles. The van der Waals surface area contributed by atoms with Crippen molar-refractivity contribution in [3.05, 3.63) is 70.5 Å². The molecule has 1 heterocycles. The van der Waals surface area contributed by atoms with E-state index in [1.807, 2.05) is 42.4 Å². The molecule has 0 bridgehead atoms. The number of hydrogen-bond acceptors (Lipinski definition) is 4. The molecule has 23 heavy (non-hydrogen) atoms. The van der Waals surface area contributed by atoms with Gasteiger partial charge in [-0.2, -0.15) is 0 Å². The van der Waals surface area contributed by atoms with E-state index in [1.165, 1.54) is 5.48 Å². The van der Waals surface area contributed by atoms with Gasteiger partial charge in [0.1, 0.15) is 5.82 Å². The van der Waals surface area contributed by atoms with Crippen LogP contribution < -0.4 is 5.48 Å². The largest absolute Gasteiger partial charge is 0.288 e. The lowest BCUT2D eigenvalue weighted by atomic mass is 10.00. The number of hydroxylamine groups is 1. The number of rotatable bonds is 3. The van der Waals surface area contributed by atoms with Gasteiger partial charge in [-0.15, -0.1) is 0 Å². The van der Waals surface area contributed by atoms with E-state index in [0.29, 0.717) is 25.2 Å². The zero-order valence-electron chi connectivity index (χ0n) is 12.8. The predicted molar refractivity (Wildman–Crippen MR) is 82.8 cm³/mol. The first-order valence-corrected chi connectivity index (χ1v) is 7.34. The highest BCUT2D eigenvalue weighted by Crippen LogP contribution is 2.26. The van der Waals surface area contributed by atoms with E-state index in [2.05, 4.69) is 5.01 Å². The first kappa shape index (κ1) is 15.6. The van der Waals surface area contributed by atoms with Crippen LogP contribution >= 0.6 is 0 Å². The van der Waals surface area contributed by atoms with Gasteiger partial charge in [0.05, 0.1) is 0 Å². The maximum absolute atomic E-state index is 14.4. The minimum atomic E-state index is -0.707. The topological polar surface area (TPSA) is 55.8 Å². The number of fused-ring (bicyclic) bond motifs is 1. The van der Waals surface area contributed by atoms with E-state index in [0.717, 1.165) is 17.2 Å². The monoisotopic (exact) mass is 315 g/mol. The van der Waals surface area contributed by atoms with Gasteiger partial charge in [-0.1, -0.05) is 30.3 Å². The Kier molecular flexibility index (Phi) is 4.38. The van der Waals surface area contributed by atoms with Crippen LogP contribution in [0, 0.1) is 5.82 Å². The van der Waals surface area contributed by atoms with Gasteiger partial charge in [0.2, 0.25) is 0 Å². The van der Waals surface area contributed by atoms with Crippen LogP contribution in [-0.2, 0) is 19.6 Å². The van der Waals surface area contributed by atoms with Crippen molar-refractivity contribution in [2.45, 2.75) is 19.6 Å². The third-order valence-corrected chi connectivity index (χ3v) is 4.08. The summed E-state index contributed by atoms with van der Waals surface area (Å²) >= 11 is 0. The van der Waals surface area contributed by atoms with Gasteiger partial charge in [-0.3, -0.25) is 10.0 Å². The minimum absolute atomic E-state index is 0.119. The number of amides is 1. The van der Waals surface area contributed by atoms with Crippen LogP contribution in [0.15, 0.2) is 42.5 Å². The molecule has 0 spiro atoms. The summed E-state index contributed by atoms with van der Waals surface area (Å²) in [5.41, 5.74) is 4.16. The van der Waals surface area contributed by atoms with Crippen molar-refractivity contribution in [3.63, 3.8) is 0 Å². The molecule has 0 aromatic heterocycles. The van der Waals surface area contributed by atoms with Crippen molar-refractivity contribution in [3.8, 4) is 0 Å². The Hall–Kier alpha value is -2.28. The molecule has 1 aliphatic rings. The zero-order chi connectivity index (χ0) is 16.4. The third kappa shape index (κ3) is 3.24. The fourth-order valence-corrected chi connectivity index (χ4v) is 2.83. The van der Waals surface area contributed by atoms with Gasteiger partial charge >= 0.3 is 0 Å². The molecular weight excluding hydrogens is 297 g/mol. The smallest absolute Gasteiger partial charge is 0.274 e. The van der Waals surface area contributed by atoms with E-state index in [9.17, 15) is 9.18 Å². The predicted octanol–water partition coefficient (Wildman–Crippen LogP) is 2.31. The molecule has 6 heteroatoms. The molecule has 3 rings (SSSR count). The normalized spacial score (nSPS) is 15.3. The fourth-order valence-electron chi connectivity index (χ4n) is 2.83. The summed E-state index contributed by atoms with van der Waals surface area (Å²) in [5.74, 6) is -1.13. The zero-order valence-corrected chi connectivity index (χ0v) is 12.8. The molecule has 2 N–H and O–H groups in total. The molecule has 2 aromatic rings. The number of carbonyl (C=O) groups excluding carboxylic acids is 1. The van der Waals surface area contributed by atoms with Crippen molar-refractivity contribution in [1.29, 1.82) is 0 Å². The Morgan fingerprint density at radius 1 is 1.26 bits per heavy atom. The number of halogens is 1. The molecule has 0 unspecified atom stereocenters. The van der Waals surface area contributed by atoms with Crippen molar-refractivity contribution in [2.24, 2.45) is 0 Å². The molecule has 2 aromatic carbocycles. The van der Waals surface area contributed by atoms with Crippen LogP contribution in [0.4, 0.5) is 4.39 Å². The molecule has 0 fully saturated rings. The summed E-state index contributed by atoms with van der Waals surface area (Å²) in [6, 6.07) is 12.8. The van der Waals surface area contributed by atoms with Gasteiger partial charge in [-0.25, -0.2) is 19.9 Å². The Labute approximate surface area is 133 Å². The molecule has 1 aliphatic heterocycles. The third-order valence-electron chi connectivity index (χ3n) is 4.08. The van der Waals surface area contributed by atoms with Crippen LogP contribution in [0.2, 0.25) is 0 Å². The van der Waals surface area contributed by atoms with Crippen molar-refractivity contribution in [1.82, 2.24) is 15.5 Å². The summed E-state index contributed by atoms with van der Waals surface area (Å²) in [7, 11) is 1.93. The molecule has 0 saturated heterocycles. The second kappa shape index (κ2) is 6.45. The van der Waals surface area contributed by atoms with E-state index in [4.69, 9.17) is 5.21 Å². The number of benzene rings is 2. The van der Waals surface area contributed by atoms with Gasteiger partial charge in [0, 0.05) is 37.8 Å². The van der Waals surface area contributed by atoms with Gasteiger partial charge in [-0.05, 0) is 23.3 Å². The Bertz CT molecular complexity index is 721. The molecule has 0 saturated carbocycles. The maximum Gasteiger partial charge on any atom is 0.274 e. The van der Waals surface area contributed by atoms with Crippen molar-refractivity contribution >= 4 is 5.91 Å². The number of nitrogens with one attached hydrogen (secondary N) is 1. The molecule has 120 valence electrons. The molecule has 5 nitrogen and oxygen atoms in total. The van der Waals surface area contributed by atoms with Crippen LogP contribution in [0.5, 0.6) is 0 Å². The first-order valence-electron chi connectivity index (χ1n) is 7.34. The van der Waals surface area contributed by atoms with Crippen LogP contribution in [-0.4, -0.2) is 28.2 Å². The number of hydrazine groups is 1. The van der Waals surface area contributed by atoms with E-state index >= 15 is 0 Å².